The standard InChI is InChI=1S/C8H7F5N2O/c9-6(10)5-4(8(11,12)13)1-3(2-16)7(14)15-5/h1,6,16H,2H2,(H2,14,15). The lowest BCUT2D eigenvalue weighted by atomic mass is 10.1. The van der Waals surface area contributed by atoms with Gasteiger partial charge >= 0.3 is 6.18 Å². The second kappa shape index (κ2) is 4.20. The molecule has 16 heavy (non-hydrogen) atoms. The van der Waals surface area contributed by atoms with Crippen LogP contribution >= 0.6 is 0 Å². The molecule has 3 nitrogen and oxygen atoms in total. The number of hydrogen-bond acceptors (Lipinski definition) is 3. The van der Waals surface area contributed by atoms with E-state index in [9.17, 15) is 22.0 Å². The second-order valence-corrected chi connectivity index (χ2v) is 2.92. The van der Waals surface area contributed by atoms with Crippen LogP contribution in [0.1, 0.15) is 23.2 Å². The Morgan fingerprint density at radius 2 is 1.94 bits per heavy atom. The van der Waals surface area contributed by atoms with Gasteiger partial charge in [0, 0.05) is 5.56 Å². The van der Waals surface area contributed by atoms with E-state index < -0.39 is 36.3 Å². The monoisotopic (exact) mass is 242 g/mol. The molecule has 0 aliphatic heterocycles. The summed E-state index contributed by atoms with van der Waals surface area (Å²) in [7, 11) is 0. The molecule has 0 spiro atoms. The van der Waals surface area contributed by atoms with Crippen molar-refractivity contribution in [3.8, 4) is 0 Å². The number of aliphatic hydroxyl groups is 1. The minimum absolute atomic E-state index is 0.336. The molecule has 0 radical (unpaired) electrons. The Hall–Kier alpha value is -1.44. The summed E-state index contributed by atoms with van der Waals surface area (Å²) in [4.78, 5) is 2.96. The van der Waals surface area contributed by atoms with E-state index in [1.807, 2.05) is 0 Å². The van der Waals surface area contributed by atoms with E-state index in [-0.39, 0.29) is 5.56 Å². The molecule has 0 aliphatic rings. The van der Waals surface area contributed by atoms with E-state index in [0.717, 1.165) is 0 Å². The highest BCUT2D eigenvalue weighted by Crippen LogP contribution is 2.36. The molecule has 0 bridgehead atoms. The number of nitrogens with zero attached hydrogens (tertiary/aromatic N) is 1. The highest BCUT2D eigenvalue weighted by atomic mass is 19.4. The number of nitrogen functional groups attached to an aromatic ring is 1. The van der Waals surface area contributed by atoms with Gasteiger partial charge in [-0.05, 0) is 6.07 Å². The quantitative estimate of drug-likeness (QED) is 0.781. The van der Waals surface area contributed by atoms with Crippen molar-refractivity contribution in [3.05, 3.63) is 22.9 Å². The maximum atomic E-state index is 12.4. The molecular formula is C8H7F5N2O. The molecule has 0 atom stereocenters. The molecule has 0 saturated heterocycles. The molecule has 1 heterocycles. The first kappa shape index (κ1) is 12.6. The SMILES string of the molecule is Nc1nc(C(F)F)c(C(F)(F)F)cc1CO. The van der Waals surface area contributed by atoms with E-state index in [0.29, 0.717) is 6.07 Å². The largest absolute Gasteiger partial charge is 0.418 e. The summed E-state index contributed by atoms with van der Waals surface area (Å²) >= 11 is 0. The van der Waals surface area contributed by atoms with E-state index >= 15 is 0 Å². The molecular weight excluding hydrogens is 235 g/mol. The molecule has 8 heteroatoms. The Balaban J connectivity index is 3.43. The fourth-order valence-electron chi connectivity index (χ4n) is 1.10. The van der Waals surface area contributed by atoms with E-state index in [1.165, 1.54) is 0 Å². The number of aromatic nitrogens is 1. The number of anilines is 1. The Bertz CT molecular complexity index is 391. The first-order chi connectivity index (χ1) is 7.27. The van der Waals surface area contributed by atoms with Gasteiger partial charge in [0.05, 0.1) is 12.2 Å². The van der Waals surface area contributed by atoms with Crippen molar-refractivity contribution in [3.63, 3.8) is 0 Å². The number of hydrogen-bond donors (Lipinski definition) is 2. The third-order valence-electron chi connectivity index (χ3n) is 1.85. The maximum Gasteiger partial charge on any atom is 0.418 e. The average Bonchev–Trinajstić information content (AvgIpc) is 2.15. The number of alkyl halides is 5. The highest BCUT2D eigenvalue weighted by molar-refractivity contribution is 5.44. The topological polar surface area (TPSA) is 59.1 Å². The van der Waals surface area contributed by atoms with Gasteiger partial charge in [-0.1, -0.05) is 0 Å². The second-order valence-electron chi connectivity index (χ2n) is 2.92. The van der Waals surface area contributed by atoms with Gasteiger partial charge in [0.25, 0.3) is 6.43 Å². The van der Waals surface area contributed by atoms with Crippen molar-refractivity contribution < 1.29 is 27.1 Å². The van der Waals surface area contributed by atoms with Crippen LogP contribution in [0.3, 0.4) is 0 Å². The van der Waals surface area contributed by atoms with Crippen LogP contribution in [0.2, 0.25) is 0 Å². The summed E-state index contributed by atoms with van der Waals surface area (Å²) in [5.74, 6) is -0.536. The van der Waals surface area contributed by atoms with Gasteiger partial charge in [0.15, 0.2) is 0 Å². The zero-order valence-electron chi connectivity index (χ0n) is 7.72. The Labute approximate surface area is 86.7 Å². The first-order valence-electron chi connectivity index (χ1n) is 4.03. The van der Waals surface area contributed by atoms with E-state index in [4.69, 9.17) is 10.8 Å². The summed E-state index contributed by atoms with van der Waals surface area (Å²) in [6, 6.07) is 0.379. The smallest absolute Gasteiger partial charge is 0.392 e. The summed E-state index contributed by atoms with van der Waals surface area (Å²) in [5.41, 5.74) is 1.76. The molecule has 0 aromatic carbocycles. The van der Waals surface area contributed by atoms with E-state index in [1.54, 1.807) is 0 Å². The highest BCUT2D eigenvalue weighted by Gasteiger charge is 2.37. The van der Waals surface area contributed by atoms with Gasteiger partial charge in [0.2, 0.25) is 0 Å². The number of pyridine rings is 1. The Kier molecular flexibility index (Phi) is 3.32. The third kappa shape index (κ3) is 2.38. The lowest BCUT2D eigenvalue weighted by Crippen LogP contribution is -2.14. The summed E-state index contributed by atoms with van der Waals surface area (Å²) in [6.07, 6.45) is -8.34. The van der Waals surface area contributed by atoms with Gasteiger partial charge in [-0.15, -0.1) is 0 Å². The molecule has 0 fully saturated rings. The lowest BCUT2D eigenvalue weighted by Gasteiger charge is -2.14. The molecule has 3 N–H and O–H groups in total. The predicted octanol–water partition coefficient (Wildman–Crippen LogP) is 2.11. The fraction of sp³-hybridized carbons (Fsp3) is 0.375. The van der Waals surface area contributed by atoms with Crippen LogP contribution in [0, 0.1) is 0 Å². The summed E-state index contributed by atoms with van der Waals surface area (Å²) in [5, 5.41) is 8.66. The minimum Gasteiger partial charge on any atom is -0.392 e. The molecule has 0 saturated carbocycles. The van der Waals surface area contributed by atoms with Gasteiger partial charge < -0.3 is 10.8 Å². The van der Waals surface area contributed by atoms with Crippen molar-refractivity contribution in [2.24, 2.45) is 0 Å². The van der Waals surface area contributed by atoms with Crippen LogP contribution < -0.4 is 5.73 Å². The zero-order valence-corrected chi connectivity index (χ0v) is 7.72. The number of halogens is 5. The van der Waals surface area contributed by atoms with Gasteiger partial charge in [0.1, 0.15) is 11.5 Å². The number of nitrogens with two attached hydrogens (primary N) is 1. The van der Waals surface area contributed by atoms with Crippen LogP contribution in [0.5, 0.6) is 0 Å². The number of aliphatic hydroxyl groups excluding tert-OH is 1. The normalized spacial score (nSPS) is 12.2. The molecule has 0 unspecified atom stereocenters. The van der Waals surface area contributed by atoms with Gasteiger partial charge in [-0.25, -0.2) is 13.8 Å². The van der Waals surface area contributed by atoms with Gasteiger partial charge in [-0.3, -0.25) is 0 Å². The van der Waals surface area contributed by atoms with Crippen molar-refractivity contribution in [2.45, 2.75) is 19.2 Å². The Morgan fingerprint density at radius 3 is 2.31 bits per heavy atom. The first-order valence-corrected chi connectivity index (χ1v) is 4.03. The van der Waals surface area contributed by atoms with Crippen molar-refractivity contribution in [1.29, 1.82) is 0 Å². The minimum atomic E-state index is -4.96. The van der Waals surface area contributed by atoms with Crippen molar-refractivity contribution in [1.82, 2.24) is 4.98 Å². The third-order valence-corrected chi connectivity index (χ3v) is 1.85. The Morgan fingerprint density at radius 1 is 1.38 bits per heavy atom. The van der Waals surface area contributed by atoms with Crippen LogP contribution in [0.25, 0.3) is 0 Å². The van der Waals surface area contributed by atoms with Crippen LogP contribution in [0.15, 0.2) is 6.07 Å². The van der Waals surface area contributed by atoms with Crippen LogP contribution in [0.4, 0.5) is 27.8 Å². The van der Waals surface area contributed by atoms with Crippen LogP contribution in [-0.2, 0) is 12.8 Å². The lowest BCUT2D eigenvalue weighted by molar-refractivity contribution is -0.140. The number of rotatable bonds is 2. The van der Waals surface area contributed by atoms with Crippen LogP contribution in [-0.4, -0.2) is 10.1 Å². The molecule has 1 aromatic heterocycles. The average molecular weight is 242 g/mol. The molecule has 90 valence electrons. The molecule has 0 aliphatic carbocycles. The predicted molar refractivity (Wildman–Crippen MR) is 44.5 cm³/mol. The summed E-state index contributed by atoms with van der Waals surface area (Å²) < 4.78 is 61.7. The molecule has 1 aromatic rings. The maximum absolute atomic E-state index is 12.4. The van der Waals surface area contributed by atoms with Gasteiger partial charge in [-0.2, -0.15) is 13.2 Å². The van der Waals surface area contributed by atoms with Crippen molar-refractivity contribution in [2.75, 3.05) is 5.73 Å². The molecule has 1 rings (SSSR count). The van der Waals surface area contributed by atoms with E-state index in [2.05, 4.69) is 4.98 Å². The zero-order chi connectivity index (χ0) is 12.5. The van der Waals surface area contributed by atoms with Crippen molar-refractivity contribution >= 4 is 5.82 Å². The molecule has 0 amide bonds. The fourth-order valence-corrected chi connectivity index (χ4v) is 1.10. The summed E-state index contributed by atoms with van der Waals surface area (Å²) in [6.45, 7) is -0.800.